The summed E-state index contributed by atoms with van der Waals surface area (Å²) in [6, 6.07) is 8.96. The highest BCUT2D eigenvalue weighted by Gasteiger charge is 2.28. The van der Waals surface area contributed by atoms with E-state index in [9.17, 15) is 19.5 Å². The average Bonchev–Trinajstić information content (AvgIpc) is 3.39. The third-order valence-electron chi connectivity index (χ3n) is 4.95. The molecule has 4 rings (SSSR count). The van der Waals surface area contributed by atoms with Crippen molar-refractivity contribution in [3.05, 3.63) is 53.3 Å². The molecule has 2 N–H and O–H groups in total. The smallest absolute Gasteiger partial charge is 0.326 e. The Morgan fingerprint density at radius 3 is 2.79 bits per heavy atom. The van der Waals surface area contributed by atoms with Gasteiger partial charge in [0.15, 0.2) is 23.9 Å². The van der Waals surface area contributed by atoms with Gasteiger partial charge in [-0.15, -0.1) is 0 Å². The lowest BCUT2D eigenvalue weighted by Gasteiger charge is -2.14. The van der Waals surface area contributed by atoms with Crippen LogP contribution in [0.5, 0.6) is 23.0 Å². The fraction of sp³-hybridized carbons (Fsp3) is 0.261. The van der Waals surface area contributed by atoms with Crippen molar-refractivity contribution in [1.29, 1.82) is 0 Å². The van der Waals surface area contributed by atoms with Gasteiger partial charge in [-0.1, -0.05) is 6.07 Å². The molecular weight excluding hydrogens is 450 g/mol. The summed E-state index contributed by atoms with van der Waals surface area (Å²) in [5.74, 6) is 0.708. The number of rotatable bonds is 9. The highest BCUT2D eigenvalue weighted by atomic mass is 32.2. The van der Waals surface area contributed by atoms with Gasteiger partial charge in [-0.3, -0.25) is 9.59 Å². The summed E-state index contributed by atoms with van der Waals surface area (Å²) < 4.78 is 21.8. The van der Waals surface area contributed by atoms with E-state index in [4.69, 9.17) is 18.9 Å². The van der Waals surface area contributed by atoms with Crippen LogP contribution < -0.4 is 24.3 Å². The van der Waals surface area contributed by atoms with Crippen molar-refractivity contribution in [1.82, 2.24) is 5.32 Å². The molecule has 0 spiro atoms. The van der Waals surface area contributed by atoms with E-state index in [1.165, 1.54) is 17.8 Å². The summed E-state index contributed by atoms with van der Waals surface area (Å²) in [6.07, 6.45) is 3.79. The van der Waals surface area contributed by atoms with Crippen LogP contribution in [0.4, 0.5) is 0 Å². The predicted octanol–water partition coefficient (Wildman–Crippen LogP) is 2.73. The van der Waals surface area contributed by atoms with E-state index in [-0.39, 0.29) is 24.9 Å². The Bertz CT molecular complexity index is 1130. The van der Waals surface area contributed by atoms with Gasteiger partial charge in [-0.25, -0.2) is 4.79 Å². The van der Waals surface area contributed by atoms with Gasteiger partial charge in [-0.2, -0.15) is 11.8 Å². The van der Waals surface area contributed by atoms with Crippen molar-refractivity contribution in [2.75, 3.05) is 25.4 Å². The molecule has 172 valence electrons. The maximum absolute atomic E-state index is 12.7. The lowest BCUT2D eigenvalue weighted by molar-refractivity contribution is -0.142. The third-order valence-corrected chi connectivity index (χ3v) is 5.59. The lowest BCUT2D eigenvalue weighted by Crippen LogP contribution is -2.43. The number of allylic oxidation sites excluding steroid dienone is 1. The van der Waals surface area contributed by atoms with Crippen LogP contribution in [0.25, 0.3) is 6.08 Å². The Balaban J connectivity index is 1.38. The number of carbonyl (C=O) groups excluding carboxylic acids is 2. The van der Waals surface area contributed by atoms with Gasteiger partial charge in [0, 0.05) is 6.07 Å². The zero-order valence-corrected chi connectivity index (χ0v) is 18.5. The number of nitrogens with one attached hydrogen (secondary N) is 1. The maximum Gasteiger partial charge on any atom is 0.326 e. The quantitative estimate of drug-likeness (QED) is 0.532. The molecule has 0 saturated carbocycles. The first-order chi connectivity index (χ1) is 15.9. The van der Waals surface area contributed by atoms with Crippen LogP contribution in [-0.2, 0) is 9.59 Å². The molecule has 2 aromatic carbocycles. The molecule has 1 amide bonds. The molecule has 0 unspecified atom stereocenters. The SMILES string of the molecule is CSCC[C@@H](NC(=O)COc1ccc2c(c1)O/C(=C\c1ccc3c(c1)OCO3)C2=O)C(=O)O. The number of ketones is 1. The molecule has 1 atom stereocenters. The first-order valence-electron chi connectivity index (χ1n) is 10.1. The molecule has 0 saturated heterocycles. The largest absolute Gasteiger partial charge is 0.484 e. The highest BCUT2D eigenvalue weighted by molar-refractivity contribution is 7.98. The number of carbonyl (C=O) groups is 3. The van der Waals surface area contributed by atoms with E-state index in [0.29, 0.717) is 40.7 Å². The number of carboxylic acids is 1. The minimum absolute atomic E-state index is 0.150. The Kier molecular flexibility index (Phi) is 6.74. The van der Waals surface area contributed by atoms with Gasteiger partial charge < -0.3 is 29.4 Å². The normalized spacial score (nSPS) is 15.7. The van der Waals surface area contributed by atoms with E-state index < -0.39 is 17.9 Å². The van der Waals surface area contributed by atoms with Crippen LogP contribution in [0.3, 0.4) is 0 Å². The van der Waals surface area contributed by atoms with Crippen molar-refractivity contribution >= 4 is 35.5 Å². The summed E-state index contributed by atoms with van der Waals surface area (Å²) >= 11 is 1.50. The molecule has 0 fully saturated rings. The van der Waals surface area contributed by atoms with Gasteiger partial charge in [-0.05, 0) is 54.3 Å². The molecule has 9 nitrogen and oxygen atoms in total. The summed E-state index contributed by atoms with van der Waals surface area (Å²) in [4.78, 5) is 36.0. The van der Waals surface area contributed by atoms with Crippen molar-refractivity contribution in [2.24, 2.45) is 0 Å². The fourth-order valence-electron chi connectivity index (χ4n) is 3.29. The van der Waals surface area contributed by atoms with E-state index in [0.717, 1.165) is 5.56 Å². The van der Waals surface area contributed by atoms with Crippen molar-refractivity contribution in [2.45, 2.75) is 12.5 Å². The first kappa shape index (κ1) is 22.5. The first-order valence-corrected chi connectivity index (χ1v) is 11.5. The number of ether oxygens (including phenoxy) is 4. The summed E-state index contributed by atoms with van der Waals surface area (Å²) in [5.41, 5.74) is 1.10. The number of fused-ring (bicyclic) bond motifs is 2. The Morgan fingerprint density at radius 2 is 2.00 bits per heavy atom. The highest BCUT2D eigenvalue weighted by Crippen LogP contribution is 2.37. The molecule has 33 heavy (non-hydrogen) atoms. The predicted molar refractivity (Wildman–Crippen MR) is 120 cm³/mol. The third kappa shape index (κ3) is 5.23. The zero-order valence-electron chi connectivity index (χ0n) is 17.7. The van der Waals surface area contributed by atoms with Crippen LogP contribution in [0.2, 0.25) is 0 Å². The van der Waals surface area contributed by atoms with Gasteiger partial charge in [0.25, 0.3) is 5.91 Å². The molecule has 0 aliphatic carbocycles. The molecule has 0 bridgehead atoms. The fourth-order valence-corrected chi connectivity index (χ4v) is 3.76. The Labute approximate surface area is 193 Å². The number of hydrogen-bond acceptors (Lipinski definition) is 8. The van der Waals surface area contributed by atoms with Gasteiger partial charge >= 0.3 is 5.97 Å². The van der Waals surface area contributed by atoms with E-state index in [1.54, 1.807) is 36.4 Å². The van der Waals surface area contributed by atoms with E-state index in [1.807, 2.05) is 6.26 Å². The number of benzene rings is 2. The Morgan fingerprint density at radius 1 is 1.18 bits per heavy atom. The molecule has 0 radical (unpaired) electrons. The molecule has 2 aliphatic heterocycles. The number of carboxylic acid groups (broad SMARTS) is 1. The zero-order chi connectivity index (χ0) is 23.4. The van der Waals surface area contributed by atoms with Gasteiger partial charge in [0.2, 0.25) is 12.6 Å². The van der Waals surface area contributed by atoms with Crippen LogP contribution in [-0.4, -0.2) is 54.2 Å². The monoisotopic (exact) mass is 471 g/mol. The summed E-state index contributed by atoms with van der Waals surface area (Å²) in [7, 11) is 0. The van der Waals surface area contributed by atoms with Gasteiger partial charge in [0.05, 0.1) is 5.56 Å². The van der Waals surface area contributed by atoms with Crippen LogP contribution in [0.15, 0.2) is 42.2 Å². The molecule has 2 aromatic rings. The molecule has 10 heteroatoms. The second-order valence-corrected chi connectivity index (χ2v) is 8.22. The number of hydrogen-bond donors (Lipinski definition) is 2. The summed E-state index contributed by atoms with van der Waals surface area (Å²) in [5, 5.41) is 11.7. The lowest BCUT2D eigenvalue weighted by atomic mass is 10.1. The molecule has 2 heterocycles. The number of amides is 1. The standard InChI is InChI=1S/C23H21NO8S/c1-33-7-6-16(23(27)28)24-21(25)11-29-14-3-4-15-18(10-14)32-20(22(15)26)9-13-2-5-17-19(8-13)31-12-30-17/h2-5,8-10,16H,6-7,11-12H2,1H3,(H,24,25)(H,27,28)/b20-9-/t16-/m1/s1. The van der Waals surface area contributed by atoms with Crippen molar-refractivity contribution in [3.8, 4) is 23.0 Å². The van der Waals surface area contributed by atoms with Crippen LogP contribution in [0, 0.1) is 0 Å². The van der Waals surface area contributed by atoms with E-state index >= 15 is 0 Å². The second kappa shape index (κ2) is 9.86. The maximum atomic E-state index is 12.7. The molecular formula is C23H21NO8S. The van der Waals surface area contributed by atoms with Crippen LogP contribution >= 0.6 is 11.8 Å². The minimum Gasteiger partial charge on any atom is -0.484 e. The van der Waals surface area contributed by atoms with Crippen molar-refractivity contribution in [3.63, 3.8) is 0 Å². The number of aliphatic carboxylic acids is 1. The second-order valence-electron chi connectivity index (χ2n) is 7.24. The van der Waals surface area contributed by atoms with Crippen molar-refractivity contribution < 1.29 is 38.4 Å². The summed E-state index contributed by atoms with van der Waals surface area (Å²) in [6.45, 7) is -0.207. The Hall–Kier alpha value is -3.66. The van der Waals surface area contributed by atoms with Crippen LogP contribution in [0.1, 0.15) is 22.3 Å². The average molecular weight is 471 g/mol. The molecule has 0 aromatic heterocycles. The molecule has 2 aliphatic rings. The number of thioether (sulfide) groups is 1. The minimum atomic E-state index is -1.09. The van der Waals surface area contributed by atoms with E-state index in [2.05, 4.69) is 5.32 Å². The van der Waals surface area contributed by atoms with Gasteiger partial charge in [0.1, 0.15) is 17.5 Å². The number of Topliss-reactive ketones (excluding diaryl/α,β-unsaturated/α-hetero) is 1. The topological polar surface area (TPSA) is 120 Å².